The molecule has 7 nitrogen and oxygen atoms in total. The fourth-order valence-electron chi connectivity index (χ4n) is 5.25. The van der Waals surface area contributed by atoms with Crippen molar-refractivity contribution < 1.29 is 22.6 Å². The van der Waals surface area contributed by atoms with Gasteiger partial charge in [-0.1, -0.05) is 83.5 Å². The monoisotopic (exact) mass is 678 g/mol. The Morgan fingerprint density at radius 2 is 1.46 bits per heavy atom. The summed E-state index contributed by atoms with van der Waals surface area (Å²) in [6.07, 6.45) is -0.523. The standard InChI is InChI=1S/C39H38N2O5S2/c1-4-41(33-20-17-31(18-21-33)38(42)30-11-7-5-8-12-30)37-24-19-32(27-29(37)3)39(43)36(25-26-47-34-22-15-28(2)16-23-34)40-46-48(44,45)35-13-9-6-10-14-35/h5-24,27,38,42H,4,25-26H2,1-3H3/b40-36+. The summed E-state index contributed by atoms with van der Waals surface area (Å²) in [6.45, 7) is 6.67. The number of aryl methyl sites for hydroxylation is 2. The zero-order valence-electron chi connectivity index (χ0n) is 27.1. The van der Waals surface area contributed by atoms with Gasteiger partial charge in [0.05, 0.1) is 0 Å². The maximum atomic E-state index is 13.8. The van der Waals surface area contributed by atoms with Crippen molar-refractivity contribution in [3.05, 3.63) is 155 Å². The Labute approximate surface area is 287 Å². The molecule has 0 aromatic heterocycles. The number of hydrogen-bond donors (Lipinski definition) is 1. The molecule has 0 bridgehead atoms. The molecule has 246 valence electrons. The highest BCUT2D eigenvalue weighted by atomic mass is 32.2. The highest BCUT2D eigenvalue weighted by Crippen LogP contribution is 2.31. The molecule has 0 saturated carbocycles. The molecule has 5 aromatic carbocycles. The molecule has 1 N–H and O–H groups in total. The van der Waals surface area contributed by atoms with Crippen LogP contribution < -0.4 is 4.90 Å². The second kappa shape index (κ2) is 15.9. The van der Waals surface area contributed by atoms with Crippen molar-refractivity contribution in [1.29, 1.82) is 0 Å². The van der Waals surface area contributed by atoms with Gasteiger partial charge in [0.2, 0.25) is 5.78 Å². The van der Waals surface area contributed by atoms with E-state index in [0.29, 0.717) is 17.9 Å². The first-order valence-electron chi connectivity index (χ1n) is 15.7. The average molecular weight is 679 g/mol. The van der Waals surface area contributed by atoms with Gasteiger partial charge < -0.3 is 10.0 Å². The summed E-state index contributed by atoms with van der Waals surface area (Å²) in [5.41, 5.74) is 5.89. The molecular weight excluding hydrogens is 641 g/mol. The number of carbonyl (C=O) groups is 1. The molecule has 0 radical (unpaired) electrons. The first kappa shape index (κ1) is 34.6. The van der Waals surface area contributed by atoms with Gasteiger partial charge in [-0.05, 0) is 92.1 Å². The second-order valence-corrected chi connectivity index (χ2v) is 14.0. The number of ketones is 1. The van der Waals surface area contributed by atoms with Gasteiger partial charge in [-0.2, -0.15) is 8.42 Å². The van der Waals surface area contributed by atoms with Crippen molar-refractivity contribution in [2.45, 2.75) is 43.1 Å². The van der Waals surface area contributed by atoms with E-state index in [2.05, 4.69) is 10.1 Å². The van der Waals surface area contributed by atoms with Crippen LogP contribution in [0.25, 0.3) is 0 Å². The van der Waals surface area contributed by atoms with Gasteiger partial charge in [-0.25, -0.2) is 0 Å². The molecule has 0 aliphatic carbocycles. The summed E-state index contributed by atoms with van der Waals surface area (Å²) in [6, 6.07) is 38.5. The summed E-state index contributed by atoms with van der Waals surface area (Å²) in [5.74, 6) is 0.0950. The van der Waals surface area contributed by atoms with Gasteiger partial charge in [0.25, 0.3) is 0 Å². The van der Waals surface area contributed by atoms with Crippen LogP contribution in [-0.4, -0.2) is 37.3 Å². The zero-order valence-corrected chi connectivity index (χ0v) is 28.7. The number of oxime groups is 1. The van der Waals surface area contributed by atoms with Crippen LogP contribution in [0.1, 0.15) is 52.1 Å². The van der Waals surface area contributed by atoms with Gasteiger partial charge in [-0.3, -0.25) is 9.08 Å². The number of Topliss-reactive ketones (excluding diaryl/α,β-unsaturated/α-hetero) is 1. The van der Waals surface area contributed by atoms with E-state index < -0.39 is 22.0 Å². The highest BCUT2D eigenvalue weighted by Gasteiger charge is 2.21. The summed E-state index contributed by atoms with van der Waals surface area (Å²) in [7, 11) is -4.21. The van der Waals surface area contributed by atoms with E-state index in [-0.39, 0.29) is 17.0 Å². The number of carbonyl (C=O) groups excluding carboxylic acids is 1. The number of hydrogen-bond acceptors (Lipinski definition) is 8. The fraction of sp³-hybridized carbons (Fsp3) is 0.179. The maximum absolute atomic E-state index is 13.8. The van der Waals surface area contributed by atoms with Crippen LogP contribution >= 0.6 is 11.8 Å². The topological polar surface area (TPSA) is 96.3 Å². The summed E-state index contributed by atoms with van der Waals surface area (Å²) in [4.78, 5) is 16.9. The molecule has 0 spiro atoms. The number of aliphatic hydroxyl groups excluding tert-OH is 1. The minimum absolute atomic E-state index is 0.0150. The Morgan fingerprint density at radius 3 is 2.08 bits per heavy atom. The van der Waals surface area contributed by atoms with E-state index in [9.17, 15) is 18.3 Å². The van der Waals surface area contributed by atoms with E-state index in [1.54, 1.807) is 42.1 Å². The van der Waals surface area contributed by atoms with E-state index in [1.165, 1.54) is 12.1 Å². The molecule has 5 aromatic rings. The Balaban J connectivity index is 1.36. The third-order valence-electron chi connectivity index (χ3n) is 7.87. The Kier molecular flexibility index (Phi) is 11.5. The van der Waals surface area contributed by atoms with Gasteiger partial charge in [0.1, 0.15) is 16.7 Å². The van der Waals surface area contributed by atoms with Crippen LogP contribution in [0.4, 0.5) is 11.4 Å². The van der Waals surface area contributed by atoms with Gasteiger partial charge in [0.15, 0.2) is 0 Å². The van der Waals surface area contributed by atoms with Crippen molar-refractivity contribution in [3.63, 3.8) is 0 Å². The maximum Gasteiger partial charge on any atom is 0.358 e. The minimum atomic E-state index is -4.21. The summed E-state index contributed by atoms with van der Waals surface area (Å²) >= 11 is 1.55. The number of benzene rings is 5. The third-order valence-corrected chi connectivity index (χ3v) is 10.0. The van der Waals surface area contributed by atoms with Crippen molar-refractivity contribution >= 4 is 44.7 Å². The van der Waals surface area contributed by atoms with Crippen molar-refractivity contribution in [2.24, 2.45) is 5.16 Å². The number of aliphatic hydroxyl groups is 1. The molecule has 5 rings (SSSR count). The molecule has 1 unspecified atom stereocenters. The lowest BCUT2D eigenvalue weighted by atomic mass is 10.00. The Bertz CT molecular complexity index is 1960. The van der Waals surface area contributed by atoms with Crippen molar-refractivity contribution in [2.75, 3.05) is 17.2 Å². The van der Waals surface area contributed by atoms with E-state index in [0.717, 1.165) is 38.5 Å². The van der Waals surface area contributed by atoms with Crippen molar-refractivity contribution in [1.82, 2.24) is 0 Å². The van der Waals surface area contributed by atoms with Crippen LogP contribution in [-0.2, 0) is 14.4 Å². The Hall–Kier alpha value is -4.70. The normalized spacial score (nSPS) is 12.4. The van der Waals surface area contributed by atoms with Gasteiger partial charge >= 0.3 is 10.1 Å². The van der Waals surface area contributed by atoms with Crippen LogP contribution in [0.3, 0.4) is 0 Å². The van der Waals surface area contributed by atoms with E-state index >= 15 is 0 Å². The van der Waals surface area contributed by atoms with Gasteiger partial charge in [-0.15, -0.1) is 11.8 Å². The lowest BCUT2D eigenvalue weighted by Gasteiger charge is -2.26. The molecule has 0 saturated heterocycles. The zero-order chi connectivity index (χ0) is 34.1. The molecule has 0 amide bonds. The molecule has 9 heteroatoms. The SMILES string of the molecule is CCN(c1ccc(C(O)c2ccccc2)cc1)c1ccc(C(=O)/C(CCSc2ccc(C)cc2)=N/OS(=O)(=O)c2ccccc2)cc1C. The first-order chi connectivity index (χ1) is 23.2. The molecule has 48 heavy (non-hydrogen) atoms. The Morgan fingerprint density at radius 1 is 0.833 bits per heavy atom. The summed E-state index contributed by atoms with van der Waals surface area (Å²) in [5, 5.41) is 14.8. The minimum Gasteiger partial charge on any atom is -0.384 e. The first-order valence-corrected chi connectivity index (χ1v) is 18.1. The average Bonchev–Trinajstić information content (AvgIpc) is 3.12. The second-order valence-electron chi connectivity index (χ2n) is 11.3. The number of anilines is 2. The molecule has 0 aliphatic rings. The molecule has 0 aliphatic heterocycles. The number of nitrogens with zero attached hydrogens (tertiary/aromatic N) is 2. The van der Waals surface area contributed by atoms with E-state index in [4.69, 9.17) is 4.28 Å². The largest absolute Gasteiger partial charge is 0.384 e. The van der Waals surface area contributed by atoms with Crippen LogP contribution in [0.5, 0.6) is 0 Å². The fourth-order valence-corrected chi connectivity index (χ4v) is 6.87. The number of rotatable bonds is 14. The predicted molar refractivity (Wildman–Crippen MR) is 194 cm³/mol. The summed E-state index contributed by atoms with van der Waals surface area (Å²) < 4.78 is 30.7. The molecule has 0 fully saturated rings. The van der Waals surface area contributed by atoms with Crippen LogP contribution in [0.15, 0.2) is 142 Å². The van der Waals surface area contributed by atoms with Crippen molar-refractivity contribution in [3.8, 4) is 0 Å². The predicted octanol–water partition coefficient (Wildman–Crippen LogP) is 8.67. The quantitative estimate of drug-likeness (QED) is 0.0544. The molecular formula is C39H38N2O5S2. The molecule has 1 atom stereocenters. The lowest BCUT2D eigenvalue weighted by Crippen LogP contribution is -2.19. The lowest BCUT2D eigenvalue weighted by molar-refractivity contribution is 0.106. The highest BCUT2D eigenvalue weighted by molar-refractivity contribution is 7.99. The van der Waals surface area contributed by atoms with Crippen LogP contribution in [0.2, 0.25) is 0 Å². The molecule has 0 heterocycles. The van der Waals surface area contributed by atoms with Gasteiger partial charge in [0, 0.05) is 40.6 Å². The smallest absolute Gasteiger partial charge is 0.358 e. The number of thioether (sulfide) groups is 1. The third kappa shape index (κ3) is 8.60. The van der Waals surface area contributed by atoms with Crippen LogP contribution in [0, 0.1) is 13.8 Å². The van der Waals surface area contributed by atoms with E-state index in [1.807, 2.05) is 106 Å².